The Bertz CT molecular complexity index is 2340. The average Bonchev–Trinajstić information content (AvgIpc) is 1.86. The monoisotopic (exact) mass is 1290 g/mol. The van der Waals surface area contributed by atoms with E-state index in [-0.39, 0.29) is 135 Å². The van der Waals surface area contributed by atoms with Crippen molar-refractivity contribution in [1.29, 1.82) is 5.53 Å². The van der Waals surface area contributed by atoms with Gasteiger partial charge in [-0.2, -0.15) is 0 Å². The maximum Gasteiger partial charge on any atom is 1.00 e. The zero-order chi connectivity index (χ0) is 64.8. The number of nitro groups is 1. The van der Waals surface area contributed by atoms with E-state index in [0.29, 0.717) is 65.0 Å². The number of ketones is 1. The number of oxime groups is 2. The normalized spacial score (nSPS) is 27.9. The molecule has 8 bridgehead atoms. The molecule has 0 spiro atoms. The molecule has 0 radical (unpaired) electrons. The summed E-state index contributed by atoms with van der Waals surface area (Å²) in [7, 11) is 0. The van der Waals surface area contributed by atoms with Crippen molar-refractivity contribution in [2.45, 2.75) is 276 Å². The van der Waals surface area contributed by atoms with E-state index in [1.807, 2.05) is 77.0 Å². The number of nitrogens with zero attached hydrogens (tertiary/aromatic N) is 7. The van der Waals surface area contributed by atoms with E-state index < -0.39 is 27.7 Å². The van der Waals surface area contributed by atoms with Crippen LogP contribution in [0.2, 0.25) is 0 Å². The number of aliphatic hydroxyl groups excluding tert-OH is 2. The number of carbonyl (C=O) groups excluding carboxylic acids is 5. The molecule has 90 heavy (non-hydrogen) atoms. The number of hydrogen-bond acceptors (Lipinski definition) is 22. The molecular formula is C61H107AlLiN8O19+. The number of ether oxygens (including phenoxy) is 8. The zero-order valence-electron chi connectivity index (χ0n) is 56.1. The number of nitrogens with one attached hydrogen (secondary N) is 1. The number of esters is 1. The number of Topliss-reactive ketones (excluding diaryl/α,β-unsaturated/α-hetero) is 1. The Kier molecular flexibility index (Phi) is 34.1. The summed E-state index contributed by atoms with van der Waals surface area (Å²) < 4.78 is 43.3. The van der Waals surface area contributed by atoms with Crippen LogP contribution >= 0.6 is 0 Å². The molecule has 4 unspecified atom stereocenters. The van der Waals surface area contributed by atoms with Crippen LogP contribution in [0.4, 0.5) is 14.4 Å². The fourth-order valence-electron chi connectivity index (χ4n) is 13.0. The van der Waals surface area contributed by atoms with Crippen LogP contribution in [0.25, 0.3) is 0 Å². The van der Waals surface area contributed by atoms with Crippen molar-refractivity contribution < 1.29 is 112 Å². The molecule has 3 N–H and O–H groups in total. The molecule has 2 aliphatic carbocycles. The van der Waals surface area contributed by atoms with E-state index in [9.17, 15) is 39.2 Å². The minimum absolute atomic E-state index is 0. The molecule has 0 aromatic heterocycles. The van der Waals surface area contributed by atoms with Crippen molar-refractivity contribution in [2.24, 2.45) is 22.1 Å². The third-order valence-electron chi connectivity index (χ3n) is 16.2. The van der Waals surface area contributed by atoms with Crippen LogP contribution in [-0.4, -0.2) is 230 Å². The second-order valence-electron chi connectivity index (χ2n) is 27.0. The number of amides is 3. The van der Waals surface area contributed by atoms with Crippen LogP contribution in [0.1, 0.15) is 200 Å². The molecule has 8 aliphatic heterocycles. The van der Waals surface area contributed by atoms with Crippen molar-refractivity contribution in [2.75, 3.05) is 52.9 Å². The predicted octanol–water partition coefficient (Wildman–Crippen LogP) is 4.48. The molecule has 508 valence electrons. The quantitative estimate of drug-likeness (QED) is 0.0279. The molecule has 27 nitrogen and oxygen atoms in total. The number of rotatable bonds is 12. The van der Waals surface area contributed by atoms with E-state index in [4.69, 9.17) is 48.6 Å². The molecule has 10 aliphatic rings. The Hall–Kier alpha value is -4.60. The van der Waals surface area contributed by atoms with Crippen molar-refractivity contribution >= 4 is 65.3 Å². The van der Waals surface area contributed by atoms with Gasteiger partial charge in [-0.15, -0.1) is 0 Å². The van der Waals surface area contributed by atoms with Crippen LogP contribution < -0.4 is 18.9 Å². The molecule has 12 atom stereocenters. The maximum absolute atomic E-state index is 12.3. The van der Waals surface area contributed by atoms with Crippen LogP contribution in [-0.2, 0) is 57.2 Å². The fraction of sp³-hybridized carbons (Fsp3) is 0.869. The first kappa shape index (κ1) is 79.6. The van der Waals surface area contributed by atoms with Crippen LogP contribution in [0.3, 0.4) is 0 Å². The van der Waals surface area contributed by atoms with Gasteiger partial charge in [0, 0.05) is 36.3 Å². The molecule has 0 aromatic carbocycles. The third-order valence-corrected chi connectivity index (χ3v) is 16.2. The molecule has 29 heteroatoms. The minimum atomic E-state index is -0.567. The summed E-state index contributed by atoms with van der Waals surface area (Å²) in [4.78, 5) is 84.4. The topological polar surface area (TPSA) is 334 Å². The van der Waals surface area contributed by atoms with Gasteiger partial charge in [-0.1, -0.05) is 18.0 Å². The molecule has 3 amide bonds. The van der Waals surface area contributed by atoms with E-state index in [1.54, 1.807) is 6.92 Å². The Morgan fingerprint density at radius 1 is 0.644 bits per heavy atom. The molecule has 8 heterocycles. The van der Waals surface area contributed by atoms with Gasteiger partial charge in [-0.05, 0) is 189 Å². The number of carbonyl (C=O) groups is 5. The second kappa shape index (κ2) is 38.6. The summed E-state index contributed by atoms with van der Waals surface area (Å²) in [5, 5.41) is 35.2. The predicted molar refractivity (Wildman–Crippen MR) is 331 cm³/mol. The van der Waals surface area contributed by atoms with Gasteiger partial charge in [-0.3, -0.25) is 9.63 Å². The number of amidine groups is 1. The fourth-order valence-corrected chi connectivity index (χ4v) is 13.0. The van der Waals surface area contributed by atoms with E-state index in [1.165, 1.54) is 39.0 Å². The molecule has 2 saturated carbocycles. The van der Waals surface area contributed by atoms with Gasteiger partial charge >= 0.3 is 55.2 Å². The largest absolute Gasteiger partial charge is 1.00 e. The molecule has 0 aromatic rings. The SMILES string of the molecule is C1CC(OCCOC2C[C@H]3CC[C@@H](C2)C3)=NO1.CC(=O)COC1C[C@H]2CC[C@@H](C1)N2C(=O)OC(C)(C)C.CC(C)(C)OC(=O)N1[C@@H]2CC[C@H]1CC(O)C2.CC(C)(C)OC(=O)N1[C@@H]2CC[C@H]1CC(OCCO)C2.CCOC(=O)C=[N+]=N.O=[N+]([O-])C1=NOCC1.[AlH3].[H-].[Li+]. The summed E-state index contributed by atoms with van der Waals surface area (Å²) >= 11 is 0. The maximum atomic E-state index is 12.3. The third kappa shape index (κ3) is 27.9. The molecule has 10 rings (SSSR count). The van der Waals surface area contributed by atoms with Crippen molar-refractivity contribution in [1.82, 2.24) is 14.7 Å². The Labute approximate surface area is 555 Å². The van der Waals surface area contributed by atoms with Gasteiger partial charge in [-0.25, -0.2) is 19.2 Å². The van der Waals surface area contributed by atoms with Gasteiger partial charge in [0.2, 0.25) is 5.90 Å². The van der Waals surface area contributed by atoms with E-state index in [0.717, 1.165) is 94.6 Å². The summed E-state index contributed by atoms with van der Waals surface area (Å²) in [6, 6.07) is 1.22. The summed E-state index contributed by atoms with van der Waals surface area (Å²) in [6.45, 7) is 23.4. The zero-order valence-corrected chi connectivity index (χ0v) is 55.1. The van der Waals surface area contributed by atoms with Crippen LogP contribution in [0.5, 0.6) is 0 Å². The van der Waals surface area contributed by atoms with E-state index in [2.05, 4.69) is 24.7 Å². The molecule has 6 saturated heterocycles. The van der Waals surface area contributed by atoms with Crippen molar-refractivity contribution in [3.8, 4) is 0 Å². The smallest absolute Gasteiger partial charge is 1.00 e. The molecular weight excluding hydrogens is 1180 g/mol. The van der Waals surface area contributed by atoms with Crippen LogP contribution in [0.15, 0.2) is 10.3 Å². The van der Waals surface area contributed by atoms with Gasteiger partial charge in [0.1, 0.15) is 43.0 Å². The van der Waals surface area contributed by atoms with E-state index >= 15 is 0 Å². The standard InChI is InChI=1S/C15H25NO4.C14H25NO4.C13H21NO3.C12H21NO3.C4H7N2O2.C3H4N2O3.Al.Li.4H/c1-10(17)9-19-13-7-11-5-6-12(8-13)16(11)14(18)20-15(2,3)4;1-14(2,3)19-13(17)15-10-4-5-11(15)9-12(8-10)18-7-6-16;1-2-11-7-10(1)8-12(9-11)15-5-6-16-13-3-4-17-14-13;1-12(2,3)16-11(15)13-8-4-5-9(13)7-10(14)6-8;1-2-8-4(7)3-6-5;6-5(7)3-1-2-8-4-3;;;;;;/h11-13H,5-9H2,1-4H3;10-12,16H,4-9H2,1-3H3;10-12H,1-9H2;8-10,14H,4-7H2,1-3H3;3,5H,2H2,1H3;1-2H2;;;;;;/q;;;;+1;;;+1;;;;-1/t11-,12+,13?;2*10-,11+,12?;8-,9+,10?;;;;;;;;. The number of hydrogen-bond donors (Lipinski definition) is 3. The van der Waals surface area contributed by atoms with Gasteiger partial charge in [0.15, 0.2) is 34.9 Å². The van der Waals surface area contributed by atoms with Gasteiger partial charge in [0.25, 0.3) is 0 Å². The first-order valence-corrected chi connectivity index (χ1v) is 31.7. The van der Waals surface area contributed by atoms with Gasteiger partial charge < -0.3 is 79.2 Å². The van der Waals surface area contributed by atoms with Crippen LogP contribution in [0, 0.1) is 27.5 Å². The minimum Gasteiger partial charge on any atom is -1.00 e. The number of fused-ring (bicyclic) bond motifs is 8. The average molecular weight is 1290 g/mol. The Morgan fingerprint density at radius 2 is 1.06 bits per heavy atom. The molecule has 8 fully saturated rings. The summed E-state index contributed by atoms with van der Waals surface area (Å²) in [6.07, 6.45) is 19.5. The Balaban J connectivity index is 0.000000380. The van der Waals surface area contributed by atoms with Crippen molar-refractivity contribution in [3.05, 3.63) is 10.1 Å². The Morgan fingerprint density at radius 3 is 1.41 bits per heavy atom. The number of aliphatic hydroxyl groups is 2. The first-order chi connectivity index (χ1) is 41.5. The second-order valence-corrected chi connectivity index (χ2v) is 27.0. The van der Waals surface area contributed by atoms with Gasteiger partial charge in [0.05, 0.1) is 67.6 Å². The first-order valence-electron chi connectivity index (χ1n) is 31.7. The number of piperidine rings is 3. The van der Waals surface area contributed by atoms with Crippen molar-refractivity contribution in [3.63, 3.8) is 0 Å². The summed E-state index contributed by atoms with van der Waals surface area (Å²) in [5.74, 6) is 2.00. The summed E-state index contributed by atoms with van der Waals surface area (Å²) in [5.41, 5.74) is 4.84.